The number of fused-ring (bicyclic) bond motifs is 1. The number of furan rings is 1. The molecule has 0 N–H and O–H groups in total. The van der Waals surface area contributed by atoms with E-state index >= 15 is 0 Å². The number of hydrogen-bond donors (Lipinski definition) is 0. The molecule has 6 rings (SSSR count). The van der Waals surface area contributed by atoms with Crippen molar-refractivity contribution in [3.63, 3.8) is 0 Å². The summed E-state index contributed by atoms with van der Waals surface area (Å²) in [7, 11) is 1.77. The Morgan fingerprint density at radius 3 is 2.42 bits per heavy atom. The van der Waals surface area contributed by atoms with Gasteiger partial charge in [-0.25, -0.2) is 4.79 Å². The lowest BCUT2D eigenvalue weighted by molar-refractivity contribution is -0.143. The molecule has 4 fully saturated rings. The summed E-state index contributed by atoms with van der Waals surface area (Å²) in [6.45, 7) is 7.02. The average molecular weight is 697 g/mol. The van der Waals surface area contributed by atoms with E-state index in [4.69, 9.17) is 18.6 Å². The van der Waals surface area contributed by atoms with E-state index in [9.17, 15) is 18.8 Å². The van der Waals surface area contributed by atoms with Crippen molar-refractivity contribution in [1.29, 1.82) is 0 Å². The molecule has 2 aliphatic heterocycles. The number of esters is 1. The quantitative estimate of drug-likeness (QED) is 0.160. The van der Waals surface area contributed by atoms with Crippen molar-refractivity contribution in [2.75, 3.05) is 59.8 Å². The van der Waals surface area contributed by atoms with Gasteiger partial charge >= 0.3 is 5.97 Å². The van der Waals surface area contributed by atoms with Crippen LogP contribution in [-0.4, -0.2) is 99.4 Å². The highest BCUT2D eigenvalue weighted by molar-refractivity contribution is 5.94. The third-order valence-corrected chi connectivity index (χ3v) is 12.3. The monoisotopic (exact) mass is 696 g/mol. The Hall–Kier alpha value is -2.82. The number of amides is 1. The molecule has 1 aromatic carbocycles. The molecule has 0 bridgehead atoms. The number of methoxy groups -OCH3 is 1. The highest BCUT2D eigenvalue weighted by Gasteiger charge is 2.47. The number of alkyl halides is 1. The van der Waals surface area contributed by atoms with Crippen molar-refractivity contribution < 1.29 is 37.4 Å². The van der Waals surface area contributed by atoms with Crippen LogP contribution < -0.4 is 0 Å². The first-order valence-electron chi connectivity index (χ1n) is 19.3. The van der Waals surface area contributed by atoms with E-state index in [1.54, 1.807) is 13.2 Å². The first kappa shape index (κ1) is 37.0. The van der Waals surface area contributed by atoms with Gasteiger partial charge in [0.15, 0.2) is 5.78 Å². The minimum Gasteiger partial charge on any atom is -0.460 e. The number of hydrogen-bond acceptors (Lipinski definition) is 8. The summed E-state index contributed by atoms with van der Waals surface area (Å²) in [6.07, 6.45) is 10.3. The molecule has 276 valence electrons. The molecule has 0 spiro atoms. The summed E-state index contributed by atoms with van der Waals surface area (Å²) >= 11 is 0. The molecule has 0 radical (unpaired) electrons. The van der Waals surface area contributed by atoms with E-state index in [2.05, 4.69) is 4.90 Å². The van der Waals surface area contributed by atoms with E-state index in [1.165, 1.54) is 0 Å². The second-order valence-electron chi connectivity index (χ2n) is 15.4. The van der Waals surface area contributed by atoms with E-state index < -0.39 is 12.0 Å². The van der Waals surface area contributed by atoms with E-state index in [0.717, 1.165) is 114 Å². The van der Waals surface area contributed by atoms with Crippen LogP contribution in [0.5, 0.6) is 0 Å². The second kappa shape index (κ2) is 17.6. The lowest BCUT2D eigenvalue weighted by atomic mass is 9.74. The maximum absolute atomic E-state index is 14.3. The predicted molar refractivity (Wildman–Crippen MR) is 189 cm³/mol. The fourth-order valence-electron chi connectivity index (χ4n) is 9.13. The number of rotatable bonds is 14. The van der Waals surface area contributed by atoms with Gasteiger partial charge in [-0.05, 0) is 125 Å². The number of nitrogens with zero attached hydrogens (tertiary/aromatic N) is 2. The molecule has 2 saturated carbocycles. The Morgan fingerprint density at radius 1 is 0.940 bits per heavy atom. The number of Topliss-reactive ketones (excluding diaryl/α,β-unsaturated/α-hetero) is 1. The van der Waals surface area contributed by atoms with Crippen LogP contribution in [-0.2, 0) is 30.2 Å². The molecule has 4 aliphatic rings. The van der Waals surface area contributed by atoms with Crippen LogP contribution in [0.3, 0.4) is 0 Å². The normalized spacial score (nSPS) is 28.5. The molecule has 1 aromatic heterocycles. The Bertz CT molecular complexity index is 1420. The molecule has 2 saturated heterocycles. The molecular formula is C40H57FN2O7. The van der Waals surface area contributed by atoms with Gasteiger partial charge < -0.3 is 23.5 Å². The molecule has 10 heteroatoms. The van der Waals surface area contributed by atoms with Crippen molar-refractivity contribution in [2.24, 2.45) is 29.6 Å². The average Bonchev–Trinajstić information content (AvgIpc) is 3.80. The maximum atomic E-state index is 14.3. The summed E-state index contributed by atoms with van der Waals surface area (Å²) in [4.78, 5) is 45.5. The van der Waals surface area contributed by atoms with Gasteiger partial charge in [0.1, 0.15) is 5.58 Å². The number of halogens is 1. The summed E-state index contributed by atoms with van der Waals surface area (Å²) in [5, 5.41) is 0.752. The van der Waals surface area contributed by atoms with Crippen molar-refractivity contribution >= 4 is 28.6 Å². The molecular weight excluding hydrogens is 639 g/mol. The van der Waals surface area contributed by atoms with Crippen LogP contribution in [0.2, 0.25) is 0 Å². The molecule has 50 heavy (non-hydrogen) atoms. The molecule has 9 nitrogen and oxygen atoms in total. The number of morpholine rings is 1. The van der Waals surface area contributed by atoms with Crippen LogP contribution in [0.4, 0.5) is 4.39 Å². The van der Waals surface area contributed by atoms with Crippen molar-refractivity contribution in [2.45, 2.75) is 96.1 Å². The molecule has 0 unspecified atom stereocenters. The van der Waals surface area contributed by atoms with E-state index in [-0.39, 0.29) is 54.4 Å². The predicted octanol–water partition coefficient (Wildman–Crippen LogP) is 6.65. The first-order valence-corrected chi connectivity index (χ1v) is 19.3. The number of likely N-dealkylation sites (tertiary alicyclic amines) is 1. The highest BCUT2D eigenvalue weighted by Crippen LogP contribution is 2.42. The Labute approximate surface area is 296 Å². The number of unbranched alkanes of at least 4 members (excludes halogenated alkanes) is 1. The Morgan fingerprint density at radius 2 is 1.70 bits per heavy atom. The van der Waals surface area contributed by atoms with Gasteiger partial charge in [-0.3, -0.25) is 18.9 Å². The SMILES string of the molecule is COC1CCC([C@@H]2CCN(C(=O)C3CCC([C@H](C)CF)CC3)[C@@H]2C(=O)Cc2ccc3oc(C(=O)OCCCCN4CCOCC4)cc3c2)CC1. The zero-order chi connectivity index (χ0) is 35.0. The van der Waals surface area contributed by atoms with Crippen molar-refractivity contribution in [3.05, 3.63) is 35.6 Å². The van der Waals surface area contributed by atoms with Crippen LogP contribution in [0.15, 0.2) is 28.7 Å². The Balaban J connectivity index is 1.09. The molecule has 1 amide bonds. The van der Waals surface area contributed by atoms with E-state index in [1.807, 2.05) is 30.0 Å². The van der Waals surface area contributed by atoms with Gasteiger partial charge in [-0.2, -0.15) is 0 Å². The van der Waals surface area contributed by atoms with Gasteiger partial charge in [-0.15, -0.1) is 0 Å². The topological polar surface area (TPSA) is 98.5 Å². The van der Waals surface area contributed by atoms with Gasteiger partial charge in [0.2, 0.25) is 11.7 Å². The highest BCUT2D eigenvalue weighted by atomic mass is 19.1. The summed E-state index contributed by atoms with van der Waals surface area (Å²) < 4.78 is 35.7. The fraction of sp³-hybridized carbons (Fsp3) is 0.725. The number of ketones is 1. The third kappa shape index (κ3) is 8.96. The largest absolute Gasteiger partial charge is 0.460 e. The van der Waals surface area contributed by atoms with Crippen LogP contribution in [0.25, 0.3) is 11.0 Å². The van der Waals surface area contributed by atoms with Crippen LogP contribution in [0, 0.1) is 29.6 Å². The standard InChI is InChI=1S/C40H57FN2O7/c1-27(26-41)29-6-8-31(9-7-29)39(45)43-17-15-34(30-10-12-33(47-2)13-11-30)38(43)35(44)24-28-5-14-36-32(23-28)25-37(50-36)40(46)49-20-4-3-16-42-18-21-48-22-19-42/h5,14,23,25,27,29-31,33-34,38H,3-4,6-13,15-22,24,26H2,1-2H3/t27-,29?,30?,31?,33?,34+,38+/m1/s1. The van der Waals surface area contributed by atoms with Gasteiger partial charge in [-0.1, -0.05) is 13.0 Å². The minimum atomic E-state index is -0.482. The summed E-state index contributed by atoms with van der Waals surface area (Å²) in [5.74, 6) is 0.654. The fourth-order valence-corrected chi connectivity index (χ4v) is 9.13. The lowest BCUT2D eigenvalue weighted by Gasteiger charge is -2.37. The van der Waals surface area contributed by atoms with Crippen molar-refractivity contribution in [1.82, 2.24) is 9.80 Å². The number of carbonyl (C=O) groups is 3. The smallest absolute Gasteiger partial charge is 0.374 e. The number of carbonyl (C=O) groups excluding carboxylic acids is 3. The first-order chi connectivity index (χ1) is 24.3. The third-order valence-electron chi connectivity index (χ3n) is 12.3. The second-order valence-corrected chi connectivity index (χ2v) is 15.4. The molecule has 2 aliphatic carbocycles. The summed E-state index contributed by atoms with van der Waals surface area (Å²) in [6, 6.07) is 6.88. The van der Waals surface area contributed by atoms with Gasteiger partial charge in [0, 0.05) is 44.5 Å². The summed E-state index contributed by atoms with van der Waals surface area (Å²) in [5.41, 5.74) is 1.41. The van der Waals surface area contributed by atoms with Gasteiger partial charge in [0.05, 0.1) is 38.6 Å². The molecule has 3 heterocycles. The van der Waals surface area contributed by atoms with Crippen LogP contribution >= 0.6 is 0 Å². The van der Waals surface area contributed by atoms with Crippen molar-refractivity contribution in [3.8, 4) is 0 Å². The number of ether oxygens (including phenoxy) is 3. The maximum Gasteiger partial charge on any atom is 0.374 e. The minimum absolute atomic E-state index is 0.0313. The number of benzene rings is 1. The Kier molecular flexibility index (Phi) is 13.0. The molecule has 2 aromatic rings. The van der Waals surface area contributed by atoms with Gasteiger partial charge in [0.25, 0.3) is 0 Å². The zero-order valence-electron chi connectivity index (χ0n) is 30.1. The lowest BCUT2D eigenvalue weighted by Crippen LogP contribution is -2.48. The van der Waals surface area contributed by atoms with E-state index in [0.29, 0.717) is 30.6 Å². The molecule has 3 atom stereocenters. The van der Waals surface area contributed by atoms with Crippen LogP contribution in [0.1, 0.15) is 93.7 Å². The zero-order valence-corrected chi connectivity index (χ0v) is 30.1.